The fraction of sp³-hybridized carbons (Fsp3) is 0.455. The molecule has 0 bridgehead atoms. The average Bonchev–Trinajstić information content (AvgIpc) is 2.69. The number of carbonyl (C=O) groups excluding carboxylic acids is 1. The van der Waals surface area contributed by atoms with Crippen LogP contribution in [0.1, 0.15) is 16.9 Å². The monoisotopic (exact) mass is 303 g/mol. The minimum Gasteiger partial charge on any atom is -0.373 e. The molecule has 1 unspecified atom stereocenters. The number of sulfone groups is 1. The first-order valence-electron chi connectivity index (χ1n) is 5.77. The number of nitrogens with one attached hydrogen (secondary N) is 2. The standard InChI is InChI=1S/C11H14ClN3O3S/c1-13-9-3-2-8(12)10(15-9)11(16)14-7-4-5-19(17,18)6-7/h2-3,7H,4-6H2,1H3,(H,13,15)(H,14,16). The van der Waals surface area contributed by atoms with E-state index in [2.05, 4.69) is 15.6 Å². The highest BCUT2D eigenvalue weighted by Crippen LogP contribution is 2.18. The van der Waals surface area contributed by atoms with Crippen LogP contribution in [0.5, 0.6) is 0 Å². The van der Waals surface area contributed by atoms with E-state index >= 15 is 0 Å². The van der Waals surface area contributed by atoms with Crippen LogP contribution in [0.4, 0.5) is 5.82 Å². The minimum atomic E-state index is -3.03. The largest absolute Gasteiger partial charge is 0.373 e. The van der Waals surface area contributed by atoms with Crippen LogP contribution in [-0.2, 0) is 9.84 Å². The second kappa shape index (κ2) is 5.34. The summed E-state index contributed by atoms with van der Waals surface area (Å²) in [7, 11) is -1.34. The molecule has 19 heavy (non-hydrogen) atoms. The molecule has 1 amide bonds. The van der Waals surface area contributed by atoms with Gasteiger partial charge in [0.25, 0.3) is 5.91 Å². The lowest BCUT2D eigenvalue weighted by Crippen LogP contribution is -2.36. The highest BCUT2D eigenvalue weighted by atomic mass is 35.5. The quantitative estimate of drug-likeness (QED) is 0.858. The summed E-state index contributed by atoms with van der Waals surface area (Å²) in [6.45, 7) is 0. The lowest BCUT2D eigenvalue weighted by Gasteiger charge is -2.11. The van der Waals surface area contributed by atoms with Crippen LogP contribution in [0.3, 0.4) is 0 Å². The first-order chi connectivity index (χ1) is 8.91. The fourth-order valence-corrected chi connectivity index (χ4v) is 3.77. The number of hydrogen-bond acceptors (Lipinski definition) is 5. The summed E-state index contributed by atoms with van der Waals surface area (Å²) in [4.78, 5) is 16.1. The van der Waals surface area contributed by atoms with Gasteiger partial charge in [-0.25, -0.2) is 13.4 Å². The number of anilines is 1. The van der Waals surface area contributed by atoms with Crippen molar-refractivity contribution in [3.05, 3.63) is 22.8 Å². The summed E-state index contributed by atoms with van der Waals surface area (Å²) in [5.74, 6) is 0.148. The Morgan fingerprint density at radius 2 is 2.21 bits per heavy atom. The van der Waals surface area contributed by atoms with E-state index in [9.17, 15) is 13.2 Å². The van der Waals surface area contributed by atoms with Gasteiger partial charge in [0, 0.05) is 13.1 Å². The highest BCUT2D eigenvalue weighted by Gasteiger charge is 2.29. The summed E-state index contributed by atoms with van der Waals surface area (Å²) < 4.78 is 22.6. The van der Waals surface area contributed by atoms with Gasteiger partial charge in [0.15, 0.2) is 9.84 Å². The lowest BCUT2D eigenvalue weighted by atomic mass is 10.2. The summed E-state index contributed by atoms with van der Waals surface area (Å²) in [6, 6.07) is 2.86. The van der Waals surface area contributed by atoms with E-state index in [1.807, 2.05) is 0 Å². The third-order valence-corrected chi connectivity index (χ3v) is 4.96. The molecule has 104 valence electrons. The summed E-state index contributed by atoms with van der Waals surface area (Å²) in [5, 5.41) is 5.69. The van der Waals surface area contributed by atoms with E-state index < -0.39 is 15.7 Å². The van der Waals surface area contributed by atoms with Crippen molar-refractivity contribution in [1.82, 2.24) is 10.3 Å². The van der Waals surface area contributed by atoms with Crippen LogP contribution in [0.15, 0.2) is 12.1 Å². The maximum atomic E-state index is 12.0. The third kappa shape index (κ3) is 3.36. The summed E-state index contributed by atoms with van der Waals surface area (Å²) in [6.07, 6.45) is 0.428. The number of nitrogens with zero attached hydrogens (tertiary/aromatic N) is 1. The zero-order valence-corrected chi connectivity index (χ0v) is 11.9. The van der Waals surface area contributed by atoms with Crippen molar-refractivity contribution in [3.63, 3.8) is 0 Å². The smallest absolute Gasteiger partial charge is 0.271 e. The minimum absolute atomic E-state index is 0.0257. The van der Waals surface area contributed by atoms with Crippen LogP contribution < -0.4 is 10.6 Å². The molecule has 0 spiro atoms. The van der Waals surface area contributed by atoms with Gasteiger partial charge in [-0.3, -0.25) is 4.79 Å². The van der Waals surface area contributed by atoms with Crippen molar-refractivity contribution >= 4 is 33.2 Å². The zero-order valence-electron chi connectivity index (χ0n) is 10.3. The van der Waals surface area contributed by atoms with Gasteiger partial charge in [-0.05, 0) is 18.6 Å². The number of halogens is 1. The van der Waals surface area contributed by atoms with Gasteiger partial charge >= 0.3 is 0 Å². The number of hydrogen-bond donors (Lipinski definition) is 2. The van der Waals surface area contributed by atoms with Crippen molar-refractivity contribution in [2.24, 2.45) is 0 Å². The Morgan fingerprint density at radius 1 is 1.47 bits per heavy atom. The second-order valence-corrected chi connectivity index (χ2v) is 6.99. The Morgan fingerprint density at radius 3 is 2.79 bits per heavy atom. The molecule has 2 N–H and O–H groups in total. The molecule has 1 aliphatic heterocycles. The van der Waals surface area contributed by atoms with Crippen LogP contribution in [0.2, 0.25) is 5.02 Å². The molecular formula is C11H14ClN3O3S. The predicted octanol–water partition coefficient (Wildman–Crippen LogP) is 0.694. The van der Waals surface area contributed by atoms with E-state index in [-0.39, 0.29) is 28.3 Å². The Hall–Kier alpha value is -1.34. The molecule has 1 aliphatic rings. The lowest BCUT2D eigenvalue weighted by molar-refractivity contribution is 0.0936. The van der Waals surface area contributed by atoms with Gasteiger partial charge in [0.2, 0.25) is 0 Å². The van der Waals surface area contributed by atoms with Gasteiger partial charge in [0.1, 0.15) is 11.5 Å². The van der Waals surface area contributed by atoms with Crippen LogP contribution >= 0.6 is 11.6 Å². The molecule has 1 aromatic rings. The van der Waals surface area contributed by atoms with Crippen LogP contribution in [-0.4, -0.2) is 43.9 Å². The van der Waals surface area contributed by atoms with E-state index in [1.165, 1.54) is 0 Å². The highest BCUT2D eigenvalue weighted by molar-refractivity contribution is 7.91. The molecule has 0 radical (unpaired) electrons. The van der Waals surface area contributed by atoms with Crippen molar-refractivity contribution in [1.29, 1.82) is 0 Å². The topological polar surface area (TPSA) is 88.2 Å². The summed E-state index contributed by atoms with van der Waals surface area (Å²) >= 11 is 5.92. The molecule has 1 atom stereocenters. The van der Waals surface area contributed by atoms with Crippen molar-refractivity contribution < 1.29 is 13.2 Å². The Labute approximate surface area is 116 Å². The normalized spacial score (nSPS) is 21.1. The van der Waals surface area contributed by atoms with E-state index in [1.54, 1.807) is 19.2 Å². The molecule has 1 saturated heterocycles. The Balaban J connectivity index is 2.12. The van der Waals surface area contributed by atoms with Gasteiger partial charge in [-0.15, -0.1) is 0 Å². The number of amides is 1. The van der Waals surface area contributed by atoms with Crippen molar-refractivity contribution in [2.45, 2.75) is 12.5 Å². The molecule has 0 aliphatic carbocycles. The molecule has 2 rings (SSSR count). The maximum Gasteiger partial charge on any atom is 0.271 e. The number of rotatable bonds is 3. The molecular weight excluding hydrogens is 290 g/mol. The molecule has 0 aromatic carbocycles. The van der Waals surface area contributed by atoms with Gasteiger partial charge in [-0.1, -0.05) is 11.6 Å². The summed E-state index contributed by atoms with van der Waals surface area (Å²) in [5.41, 5.74) is 0.0952. The van der Waals surface area contributed by atoms with Crippen molar-refractivity contribution in [2.75, 3.05) is 23.9 Å². The molecule has 8 heteroatoms. The van der Waals surface area contributed by atoms with Gasteiger partial charge in [-0.2, -0.15) is 0 Å². The Bertz CT molecular complexity index is 603. The zero-order chi connectivity index (χ0) is 14.0. The van der Waals surface area contributed by atoms with Gasteiger partial charge in [0.05, 0.1) is 16.5 Å². The molecule has 1 fully saturated rings. The first kappa shape index (κ1) is 14.1. The SMILES string of the molecule is CNc1ccc(Cl)c(C(=O)NC2CCS(=O)(=O)C2)n1. The van der Waals surface area contributed by atoms with E-state index in [4.69, 9.17) is 11.6 Å². The molecule has 2 heterocycles. The number of pyridine rings is 1. The molecule has 1 aromatic heterocycles. The number of carbonyl (C=O) groups is 1. The van der Waals surface area contributed by atoms with E-state index in [0.717, 1.165) is 0 Å². The average molecular weight is 304 g/mol. The van der Waals surface area contributed by atoms with Gasteiger partial charge < -0.3 is 10.6 Å². The second-order valence-electron chi connectivity index (χ2n) is 4.35. The third-order valence-electron chi connectivity index (χ3n) is 2.88. The van der Waals surface area contributed by atoms with Crippen LogP contribution in [0.25, 0.3) is 0 Å². The predicted molar refractivity (Wildman–Crippen MR) is 73.3 cm³/mol. The van der Waals surface area contributed by atoms with Crippen LogP contribution in [0, 0.1) is 0 Å². The first-order valence-corrected chi connectivity index (χ1v) is 7.97. The molecule has 0 saturated carbocycles. The number of aromatic nitrogens is 1. The molecule has 6 nitrogen and oxygen atoms in total. The van der Waals surface area contributed by atoms with Crippen molar-refractivity contribution in [3.8, 4) is 0 Å². The van der Waals surface area contributed by atoms with E-state index in [0.29, 0.717) is 12.2 Å². The Kier molecular flexibility index (Phi) is 3.96. The fourth-order valence-electron chi connectivity index (χ4n) is 1.90. The maximum absolute atomic E-state index is 12.0.